The van der Waals surface area contributed by atoms with Gasteiger partial charge in [-0.05, 0) is 56.0 Å². The minimum Gasteiger partial charge on any atom is -0.314 e. The summed E-state index contributed by atoms with van der Waals surface area (Å²) in [5.74, 6) is 0.845. The van der Waals surface area contributed by atoms with Crippen molar-refractivity contribution in [2.45, 2.75) is 71.8 Å². The second kappa shape index (κ2) is 10.4. The van der Waals surface area contributed by atoms with Gasteiger partial charge in [-0.25, -0.2) is 0 Å². The lowest BCUT2D eigenvalue weighted by molar-refractivity contribution is 0.410. The van der Waals surface area contributed by atoms with Gasteiger partial charge >= 0.3 is 0 Å². The zero-order valence-electron chi connectivity index (χ0n) is 13.0. The maximum Gasteiger partial charge on any atom is 0.00671 e. The molecule has 1 N–H and O–H groups in total. The van der Waals surface area contributed by atoms with E-state index >= 15 is 0 Å². The topological polar surface area (TPSA) is 12.0 Å². The molecule has 1 unspecified atom stereocenters. The Labute approximate surface area is 123 Å². The second-order valence-corrected chi connectivity index (χ2v) is 6.98. The van der Waals surface area contributed by atoms with Crippen molar-refractivity contribution in [1.29, 1.82) is 0 Å². The third-order valence-electron chi connectivity index (χ3n) is 3.57. The molecule has 110 valence electrons. The average molecular weight is 282 g/mol. The van der Waals surface area contributed by atoms with Crippen LogP contribution in [0.5, 0.6) is 0 Å². The van der Waals surface area contributed by atoms with Crippen molar-refractivity contribution in [3.05, 3.63) is 22.4 Å². The Morgan fingerprint density at radius 2 is 1.95 bits per heavy atom. The zero-order chi connectivity index (χ0) is 13.9. The van der Waals surface area contributed by atoms with Crippen molar-refractivity contribution >= 4 is 11.3 Å². The molecule has 1 nitrogen and oxygen atoms in total. The summed E-state index contributed by atoms with van der Waals surface area (Å²) in [6.45, 7) is 8.08. The molecule has 0 fully saturated rings. The van der Waals surface area contributed by atoms with E-state index in [9.17, 15) is 0 Å². The Balaban J connectivity index is 2.19. The number of nitrogens with one attached hydrogen (secondary N) is 1. The van der Waals surface area contributed by atoms with Crippen LogP contribution < -0.4 is 5.32 Å². The maximum atomic E-state index is 3.73. The summed E-state index contributed by atoms with van der Waals surface area (Å²) in [5.41, 5.74) is 0. The highest BCUT2D eigenvalue weighted by atomic mass is 32.1. The molecule has 0 aliphatic rings. The lowest BCUT2D eigenvalue weighted by atomic mass is 9.99. The predicted molar refractivity (Wildman–Crippen MR) is 88.0 cm³/mol. The van der Waals surface area contributed by atoms with Crippen LogP contribution in [0.25, 0.3) is 0 Å². The van der Waals surface area contributed by atoms with E-state index in [4.69, 9.17) is 0 Å². The van der Waals surface area contributed by atoms with Crippen LogP contribution >= 0.6 is 11.3 Å². The largest absolute Gasteiger partial charge is 0.314 e. The molecule has 2 heteroatoms. The molecular weight excluding hydrogens is 250 g/mol. The summed E-state index contributed by atoms with van der Waals surface area (Å²) < 4.78 is 0. The number of hydrogen-bond donors (Lipinski definition) is 1. The van der Waals surface area contributed by atoms with Gasteiger partial charge in [0.05, 0.1) is 0 Å². The fourth-order valence-corrected chi connectivity index (χ4v) is 3.20. The Hall–Kier alpha value is -0.340. The van der Waals surface area contributed by atoms with E-state index in [1.165, 1.54) is 56.4 Å². The molecule has 1 rings (SSSR count). The number of thiophene rings is 1. The standard InChI is InChI=1S/C17H31NS/c1-4-13-18-16(9-5-8-15(2)3)10-6-11-17-12-7-14-19-17/h7,12,14-16,18H,4-6,8-11,13H2,1-3H3. The third-order valence-corrected chi connectivity index (χ3v) is 4.51. The van der Waals surface area contributed by atoms with Gasteiger partial charge in [-0.15, -0.1) is 11.3 Å². The van der Waals surface area contributed by atoms with E-state index in [1.807, 2.05) is 11.3 Å². The minimum atomic E-state index is 0.735. The highest BCUT2D eigenvalue weighted by Gasteiger charge is 2.08. The van der Waals surface area contributed by atoms with Crippen molar-refractivity contribution in [3.8, 4) is 0 Å². The van der Waals surface area contributed by atoms with Crippen molar-refractivity contribution in [2.24, 2.45) is 5.92 Å². The quantitative estimate of drug-likeness (QED) is 0.583. The van der Waals surface area contributed by atoms with Gasteiger partial charge in [0, 0.05) is 10.9 Å². The van der Waals surface area contributed by atoms with E-state index in [1.54, 1.807) is 0 Å². The third kappa shape index (κ3) is 8.43. The summed E-state index contributed by atoms with van der Waals surface area (Å²) in [6.07, 6.45) is 9.24. The lowest BCUT2D eigenvalue weighted by Gasteiger charge is -2.19. The van der Waals surface area contributed by atoms with E-state index < -0.39 is 0 Å². The Morgan fingerprint density at radius 3 is 2.58 bits per heavy atom. The van der Waals surface area contributed by atoms with Gasteiger partial charge in [-0.2, -0.15) is 0 Å². The fourth-order valence-electron chi connectivity index (χ4n) is 2.45. The van der Waals surface area contributed by atoms with Crippen LogP contribution in [0.2, 0.25) is 0 Å². The molecule has 0 aliphatic heterocycles. The van der Waals surface area contributed by atoms with Gasteiger partial charge in [0.15, 0.2) is 0 Å². The van der Waals surface area contributed by atoms with Crippen molar-refractivity contribution < 1.29 is 0 Å². The van der Waals surface area contributed by atoms with Gasteiger partial charge < -0.3 is 5.32 Å². The fraction of sp³-hybridized carbons (Fsp3) is 0.765. The Morgan fingerprint density at radius 1 is 1.16 bits per heavy atom. The van der Waals surface area contributed by atoms with Crippen LogP contribution in [0.1, 0.15) is 64.2 Å². The van der Waals surface area contributed by atoms with Gasteiger partial charge in [0.25, 0.3) is 0 Å². The molecule has 0 aromatic carbocycles. The van der Waals surface area contributed by atoms with Crippen molar-refractivity contribution in [3.63, 3.8) is 0 Å². The maximum absolute atomic E-state index is 3.73. The van der Waals surface area contributed by atoms with E-state index in [0.29, 0.717) is 0 Å². The molecule has 0 saturated carbocycles. The van der Waals surface area contributed by atoms with Gasteiger partial charge in [-0.1, -0.05) is 39.7 Å². The number of hydrogen-bond acceptors (Lipinski definition) is 2. The van der Waals surface area contributed by atoms with E-state index in [-0.39, 0.29) is 0 Å². The number of aryl methyl sites for hydroxylation is 1. The molecule has 0 aliphatic carbocycles. The Bertz CT molecular complexity index is 292. The molecule has 1 aromatic heterocycles. The molecule has 1 aromatic rings. The molecule has 1 atom stereocenters. The van der Waals surface area contributed by atoms with E-state index in [2.05, 4.69) is 43.6 Å². The van der Waals surface area contributed by atoms with Crippen LogP contribution in [-0.4, -0.2) is 12.6 Å². The summed E-state index contributed by atoms with van der Waals surface area (Å²) >= 11 is 1.89. The molecule has 1 heterocycles. The van der Waals surface area contributed by atoms with Gasteiger partial charge in [-0.3, -0.25) is 0 Å². The second-order valence-electron chi connectivity index (χ2n) is 5.95. The first-order valence-electron chi connectivity index (χ1n) is 7.98. The van der Waals surface area contributed by atoms with Crippen molar-refractivity contribution in [2.75, 3.05) is 6.54 Å². The summed E-state index contributed by atoms with van der Waals surface area (Å²) in [6, 6.07) is 5.16. The summed E-state index contributed by atoms with van der Waals surface area (Å²) in [4.78, 5) is 1.54. The first-order valence-corrected chi connectivity index (χ1v) is 8.86. The summed E-state index contributed by atoms with van der Waals surface area (Å²) in [5, 5.41) is 5.91. The molecule has 0 bridgehead atoms. The van der Waals surface area contributed by atoms with Crippen LogP contribution in [-0.2, 0) is 6.42 Å². The zero-order valence-corrected chi connectivity index (χ0v) is 13.8. The molecule has 0 spiro atoms. The van der Waals surface area contributed by atoms with Crippen LogP contribution in [0.4, 0.5) is 0 Å². The first-order chi connectivity index (χ1) is 9.22. The van der Waals surface area contributed by atoms with Crippen LogP contribution in [0.3, 0.4) is 0 Å². The molecule has 0 radical (unpaired) electrons. The highest BCUT2D eigenvalue weighted by Crippen LogP contribution is 2.16. The SMILES string of the molecule is CCCNC(CCCc1cccs1)CCCC(C)C. The molecule has 19 heavy (non-hydrogen) atoms. The van der Waals surface area contributed by atoms with Gasteiger partial charge in [0.2, 0.25) is 0 Å². The predicted octanol–water partition coefficient (Wildman–Crippen LogP) is 5.27. The first kappa shape index (κ1) is 16.7. The Kier molecular flexibility index (Phi) is 9.19. The molecule has 0 amide bonds. The summed E-state index contributed by atoms with van der Waals surface area (Å²) in [7, 11) is 0. The highest BCUT2D eigenvalue weighted by molar-refractivity contribution is 7.09. The minimum absolute atomic E-state index is 0.735. The smallest absolute Gasteiger partial charge is 0.00671 e. The average Bonchev–Trinajstić information content (AvgIpc) is 2.88. The monoisotopic (exact) mass is 281 g/mol. The normalized spacial score (nSPS) is 13.1. The van der Waals surface area contributed by atoms with Crippen molar-refractivity contribution in [1.82, 2.24) is 5.32 Å². The lowest BCUT2D eigenvalue weighted by Crippen LogP contribution is -2.29. The molecule has 0 saturated heterocycles. The number of rotatable bonds is 11. The van der Waals surface area contributed by atoms with E-state index in [0.717, 1.165) is 12.0 Å². The van der Waals surface area contributed by atoms with Crippen LogP contribution in [0, 0.1) is 5.92 Å². The molecular formula is C17H31NS. The van der Waals surface area contributed by atoms with Crippen LogP contribution in [0.15, 0.2) is 17.5 Å². The van der Waals surface area contributed by atoms with Gasteiger partial charge in [0.1, 0.15) is 0 Å².